The summed E-state index contributed by atoms with van der Waals surface area (Å²) in [4.78, 5) is 13.0. The van der Waals surface area contributed by atoms with Gasteiger partial charge in [-0.15, -0.1) is 13.2 Å². The number of aldehydes is 1. The molecule has 3 nitrogen and oxygen atoms in total. The zero-order chi connectivity index (χ0) is 14.1. The second-order valence-electron chi connectivity index (χ2n) is 2.86. The molecule has 0 N–H and O–H groups in total. The van der Waals surface area contributed by atoms with Gasteiger partial charge in [0.2, 0.25) is 5.88 Å². The molecule has 0 saturated heterocycles. The van der Waals surface area contributed by atoms with Gasteiger partial charge in [-0.25, -0.2) is 9.37 Å². The lowest BCUT2D eigenvalue weighted by Crippen LogP contribution is -2.21. The number of hydrogen-bond donors (Lipinski definition) is 0. The highest BCUT2D eigenvalue weighted by atomic mass is 19.4. The van der Waals surface area contributed by atoms with Crippen molar-refractivity contribution in [3.8, 4) is 5.88 Å². The molecule has 0 aliphatic heterocycles. The van der Waals surface area contributed by atoms with Crippen molar-refractivity contribution in [1.29, 1.82) is 0 Å². The van der Waals surface area contributed by atoms with Crippen LogP contribution in [0.2, 0.25) is 0 Å². The van der Waals surface area contributed by atoms with E-state index in [1.54, 1.807) is 0 Å². The van der Waals surface area contributed by atoms with Crippen LogP contribution in [-0.2, 0) is 6.18 Å². The number of nitrogens with zero attached hydrogens (tertiary/aromatic N) is 1. The predicted octanol–water partition coefficient (Wildman–Crippen LogP) is 2.95. The van der Waals surface area contributed by atoms with Gasteiger partial charge in [-0.3, -0.25) is 4.79 Å². The Morgan fingerprint density at radius 1 is 1.17 bits per heavy atom. The number of hydrogen-bond acceptors (Lipinski definition) is 3. The van der Waals surface area contributed by atoms with Gasteiger partial charge in [0.1, 0.15) is 5.56 Å². The van der Waals surface area contributed by atoms with Crippen molar-refractivity contribution in [3.63, 3.8) is 0 Å². The summed E-state index contributed by atoms with van der Waals surface area (Å²) in [5.74, 6) is -3.63. The van der Waals surface area contributed by atoms with Crippen molar-refractivity contribution in [1.82, 2.24) is 4.98 Å². The minimum atomic E-state index is -5.36. The Morgan fingerprint density at radius 2 is 1.72 bits per heavy atom. The van der Waals surface area contributed by atoms with E-state index in [2.05, 4.69) is 9.72 Å². The molecule has 100 valence electrons. The zero-order valence-electron chi connectivity index (χ0n) is 8.06. The van der Waals surface area contributed by atoms with E-state index in [4.69, 9.17) is 0 Å². The summed E-state index contributed by atoms with van der Waals surface area (Å²) in [6, 6.07) is 0. The lowest BCUT2D eigenvalue weighted by molar-refractivity contribution is -0.276. The van der Waals surface area contributed by atoms with Gasteiger partial charge in [-0.05, 0) is 0 Å². The third-order valence-electron chi connectivity index (χ3n) is 1.65. The van der Waals surface area contributed by atoms with E-state index in [1.165, 1.54) is 0 Å². The summed E-state index contributed by atoms with van der Waals surface area (Å²) in [6.45, 7) is 0. The zero-order valence-corrected chi connectivity index (χ0v) is 8.06. The number of alkyl halides is 6. The molecule has 0 unspecified atom stereocenters. The van der Waals surface area contributed by atoms with Crippen molar-refractivity contribution in [2.45, 2.75) is 12.5 Å². The number of rotatable bonds is 2. The van der Waals surface area contributed by atoms with Gasteiger partial charge in [0.25, 0.3) is 0 Å². The molecular weight excluding hydrogens is 275 g/mol. The average molecular weight is 277 g/mol. The van der Waals surface area contributed by atoms with E-state index in [0.717, 1.165) is 0 Å². The van der Waals surface area contributed by atoms with E-state index in [1.807, 2.05) is 0 Å². The first-order valence-electron chi connectivity index (χ1n) is 4.03. The van der Waals surface area contributed by atoms with E-state index in [9.17, 15) is 35.5 Å². The van der Waals surface area contributed by atoms with Gasteiger partial charge in [0.05, 0.1) is 11.8 Å². The molecule has 0 amide bonds. The molecule has 1 aromatic heterocycles. The minimum absolute atomic E-state index is 0.114. The molecule has 0 fully saturated rings. The first-order chi connectivity index (χ1) is 8.06. The monoisotopic (exact) mass is 277 g/mol. The van der Waals surface area contributed by atoms with E-state index in [0.29, 0.717) is 0 Å². The molecule has 0 aromatic carbocycles. The lowest BCUT2D eigenvalue weighted by atomic mass is 10.1. The maximum Gasteiger partial charge on any atom is 0.574 e. The van der Waals surface area contributed by atoms with Gasteiger partial charge in [-0.2, -0.15) is 13.2 Å². The van der Waals surface area contributed by atoms with Crippen LogP contribution in [0.3, 0.4) is 0 Å². The SMILES string of the molecule is O=Cc1c(OC(F)(F)F)ncc(F)c1C(F)(F)F. The summed E-state index contributed by atoms with van der Waals surface area (Å²) in [7, 11) is 0. The van der Waals surface area contributed by atoms with Gasteiger partial charge in [0.15, 0.2) is 12.1 Å². The van der Waals surface area contributed by atoms with Crippen LogP contribution < -0.4 is 4.74 Å². The first kappa shape index (κ1) is 14.2. The van der Waals surface area contributed by atoms with Crippen molar-refractivity contribution >= 4 is 6.29 Å². The topological polar surface area (TPSA) is 39.2 Å². The minimum Gasteiger partial charge on any atom is -0.387 e. The lowest BCUT2D eigenvalue weighted by Gasteiger charge is -2.14. The van der Waals surface area contributed by atoms with Gasteiger partial charge < -0.3 is 4.74 Å². The van der Waals surface area contributed by atoms with Crippen LogP contribution in [0.1, 0.15) is 15.9 Å². The first-order valence-corrected chi connectivity index (χ1v) is 4.03. The quantitative estimate of drug-likeness (QED) is 0.616. The fraction of sp³-hybridized carbons (Fsp3) is 0.250. The number of pyridine rings is 1. The van der Waals surface area contributed by atoms with Crippen LogP contribution in [0, 0.1) is 5.82 Å². The highest BCUT2D eigenvalue weighted by Crippen LogP contribution is 2.37. The van der Waals surface area contributed by atoms with Crippen molar-refractivity contribution < 1.29 is 40.3 Å². The van der Waals surface area contributed by atoms with Crippen LogP contribution in [-0.4, -0.2) is 17.6 Å². The van der Waals surface area contributed by atoms with Gasteiger partial charge >= 0.3 is 12.5 Å². The molecule has 0 saturated carbocycles. The third-order valence-corrected chi connectivity index (χ3v) is 1.65. The van der Waals surface area contributed by atoms with Crippen LogP contribution in [0.15, 0.2) is 6.20 Å². The van der Waals surface area contributed by atoms with Crippen LogP contribution in [0.4, 0.5) is 30.7 Å². The van der Waals surface area contributed by atoms with E-state index >= 15 is 0 Å². The smallest absolute Gasteiger partial charge is 0.387 e. The number of aromatic nitrogens is 1. The summed E-state index contributed by atoms with van der Waals surface area (Å²) in [5, 5.41) is 0. The van der Waals surface area contributed by atoms with Crippen LogP contribution >= 0.6 is 0 Å². The normalized spacial score (nSPS) is 12.4. The summed E-state index contributed by atoms with van der Waals surface area (Å²) >= 11 is 0. The van der Waals surface area contributed by atoms with E-state index in [-0.39, 0.29) is 6.20 Å². The Balaban J connectivity index is 3.44. The van der Waals surface area contributed by atoms with Crippen LogP contribution in [0.25, 0.3) is 0 Å². The molecule has 10 heteroatoms. The standard InChI is InChI=1S/C8H2F7NO2/c9-4-1-16-6(18-8(13,14)15)3(2-17)5(4)7(10,11)12/h1-2H. The number of halogens is 7. The fourth-order valence-electron chi connectivity index (χ4n) is 1.07. The highest BCUT2D eigenvalue weighted by Gasteiger charge is 2.41. The maximum absolute atomic E-state index is 12.9. The Labute approximate surface area is 94.2 Å². The summed E-state index contributed by atoms with van der Waals surface area (Å²) in [6.07, 6.45) is -11.4. The highest BCUT2D eigenvalue weighted by molar-refractivity contribution is 5.81. The number of carbonyl (C=O) groups excluding carboxylic acids is 1. The number of carbonyl (C=O) groups is 1. The third kappa shape index (κ3) is 3.08. The molecule has 0 aliphatic carbocycles. The molecule has 1 rings (SSSR count). The van der Waals surface area contributed by atoms with Gasteiger partial charge in [-0.1, -0.05) is 0 Å². The molecular formula is C8H2F7NO2. The molecule has 0 bridgehead atoms. The molecule has 1 heterocycles. The van der Waals surface area contributed by atoms with Gasteiger partial charge in [0, 0.05) is 0 Å². The molecule has 0 aliphatic rings. The molecule has 0 radical (unpaired) electrons. The van der Waals surface area contributed by atoms with Crippen molar-refractivity contribution in [3.05, 3.63) is 23.1 Å². The van der Waals surface area contributed by atoms with E-state index < -0.39 is 41.6 Å². The Bertz CT molecular complexity index is 466. The summed E-state index contributed by atoms with van der Waals surface area (Å²) in [5.41, 5.74) is -3.81. The Kier molecular flexibility index (Phi) is 3.49. The average Bonchev–Trinajstić information content (AvgIpc) is 2.16. The number of ether oxygens (including phenoxy) is 1. The van der Waals surface area contributed by atoms with Crippen molar-refractivity contribution in [2.75, 3.05) is 0 Å². The molecule has 1 aromatic rings. The maximum atomic E-state index is 12.9. The van der Waals surface area contributed by atoms with Crippen LogP contribution in [0.5, 0.6) is 5.88 Å². The second-order valence-corrected chi connectivity index (χ2v) is 2.86. The second kappa shape index (κ2) is 4.42. The Morgan fingerprint density at radius 3 is 2.11 bits per heavy atom. The van der Waals surface area contributed by atoms with Crippen molar-refractivity contribution in [2.24, 2.45) is 0 Å². The fourth-order valence-corrected chi connectivity index (χ4v) is 1.07. The molecule has 0 atom stereocenters. The largest absolute Gasteiger partial charge is 0.574 e. The predicted molar refractivity (Wildman–Crippen MR) is 41.3 cm³/mol. The molecule has 0 spiro atoms. The molecule has 18 heavy (non-hydrogen) atoms. The summed E-state index contributed by atoms with van der Waals surface area (Å²) < 4.78 is 88.5. The Hall–Kier alpha value is -1.87.